The molecule has 0 bridgehead atoms. The largest absolute Gasteiger partial charge is 0.507 e. The number of para-hydroxylation sites is 2. The molecular weight excluding hydrogens is 582 g/mol. The maximum atomic E-state index is 13.0. The molecule has 4 aromatic carbocycles. The van der Waals surface area contributed by atoms with E-state index in [1.807, 2.05) is 78.9 Å². The zero-order chi connectivity index (χ0) is 28.2. The average Bonchev–Trinajstić information content (AvgIpc) is 3.37. The van der Waals surface area contributed by atoms with Gasteiger partial charge in [0.1, 0.15) is 23.1 Å². The number of anilines is 2. The molecule has 9 heteroatoms. The van der Waals surface area contributed by atoms with Gasteiger partial charge >= 0.3 is 0 Å². The lowest BCUT2D eigenvalue weighted by Crippen LogP contribution is -2.12. The highest BCUT2D eigenvalue weighted by Crippen LogP contribution is 2.31. The molecule has 2 heterocycles. The van der Waals surface area contributed by atoms with Crippen LogP contribution >= 0.6 is 15.9 Å². The Labute approximate surface area is 244 Å². The molecular formula is C32H24BrN5O3. The van der Waals surface area contributed by atoms with Crippen LogP contribution in [0.2, 0.25) is 0 Å². The highest BCUT2D eigenvalue weighted by Gasteiger charge is 2.14. The van der Waals surface area contributed by atoms with E-state index in [9.17, 15) is 9.90 Å². The van der Waals surface area contributed by atoms with Crippen molar-refractivity contribution in [3.63, 3.8) is 0 Å². The number of hydrogen-bond acceptors (Lipinski definition) is 6. The molecule has 2 aromatic heterocycles. The van der Waals surface area contributed by atoms with E-state index in [4.69, 9.17) is 4.74 Å². The van der Waals surface area contributed by atoms with E-state index in [1.54, 1.807) is 41.0 Å². The standard InChI is InChI=1S/C32H24BrN5O3/c33-27-20-35-38-30(18-28(37-31(27)38)26-14-4-5-15-29(26)39)34-19-21-8-6-10-23(16-21)36-32(40)22-9-7-13-25(17-22)41-24-11-2-1-3-12-24/h1-18,20,34,39H,19H2,(H,36,40). The summed E-state index contributed by atoms with van der Waals surface area (Å²) in [6, 6.07) is 33.0. The number of carbonyl (C=O) groups is 1. The summed E-state index contributed by atoms with van der Waals surface area (Å²) in [6.07, 6.45) is 1.68. The van der Waals surface area contributed by atoms with Crippen LogP contribution in [0.5, 0.6) is 17.2 Å². The van der Waals surface area contributed by atoms with Crippen molar-refractivity contribution >= 4 is 39.0 Å². The van der Waals surface area contributed by atoms with Crippen molar-refractivity contribution in [2.45, 2.75) is 6.54 Å². The van der Waals surface area contributed by atoms with Gasteiger partial charge in [-0.1, -0.05) is 48.5 Å². The Kier molecular flexibility index (Phi) is 7.34. The molecule has 0 aliphatic rings. The zero-order valence-electron chi connectivity index (χ0n) is 21.7. The fraction of sp³-hybridized carbons (Fsp3) is 0.0312. The summed E-state index contributed by atoms with van der Waals surface area (Å²) in [5.74, 6) is 1.89. The van der Waals surface area contributed by atoms with Gasteiger partial charge in [0.25, 0.3) is 5.91 Å². The second-order valence-electron chi connectivity index (χ2n) is 9.22. The van der Waals surface area contributed by atoms with Crippen molar-refractivity contribution in [2.24, 2.45) is 0 Å². The molecule has 41 heavy (non-hydrogen) atoms. The molecule has 0 saturated heterocycles. The van der Waals surface area contributed by atoms with Crippen LogP contribution in [-0.4, -0.2) is 25.6 Å². The Hall–Kier alpha value is -5.15. The van der Waals surface area contributed by atoms with Crippen LogP contribution in [0.1, 0.15) is 15.9 Å². The molecule has 0 atom stereocenters. The first-order valence-electron chi connectivity index (χ1n) is 12.8. The van der Waals surface area contributed by atoms with Crippen molar-refractivity contribution in [2.75, 3.05) is 10.6 Å². The van der Waals surface area contributed by atoms with E-state index in [2.05, 4.69) is 36.6 Å². The number of nitrogens with one attached hydrogen (secondary N) is 2. The minimum Gasteiger partial charge on any atom is -0.507 e. The smallest absolute Gasteiger partial charge is 0.255 e. The molecule has 202 valence electrons. The number of nitrogens with zero attached hydrogens (tertiary/aromatic N) is 3. The minimum atomic E-state index is -0.238. The highest BCUT2D eigenvalue weighted by molar-refractivity contribution is 9.10. The van der Waals surface area contributed by atoms with Gasteiger partial charge in [-0.3, -0.25) is 4.79 Å². The van der Waals surface area contributed by atoms with Crippen molar-refractivity contribution < 1.29 is 14.6 Å². The summed E-state index contributed by atoms with van der Waals surface area (Å²) in [7, 11) is 0. The van der Waals surface area contributed by atoms with Crippen LogP contribution in [0.3, 0.4) is 0 Å². The molecule has 6 rings (SSSR count). The van der Waals surface area contributed by atoms with Crippen molar-refractivity contribution in [1.29, 1.82) is 0 Å². The van der Waals surface area contributed by atoms with Crippen LogP contribution in [0, 0.1) is 0 Å². The van der Waals surface area contributed by atoms with Gasteiger partial charge in [-0.05, 0) is 76.1 Å². The van der Waals surface area contributed by atoms with E-state index >= 15 is 0 Å². The van der Waals surface area contributed by atoms with Gasteiger partial charge < -0.3 is 20.5 Å². The molecule has 0 unspecified atom stereocenters. The maximum Gasteiger partial charge on any atom is 0.255 e. The highest BCUT2D eigenvalue weighted by atomic mass is 79.9. The molecule has 3 N–H and O–H groups in total. The molecule has 0 fully saturated rings. The first kappa shape index (κ1) is 26.1. The van der Waals surface area contributed by atoms with E-state index in [0.717, 1.165) is 10.0 Å². The third-order valence-corrected chi connectivity index (χ3v) is 6.90. The first-order valence-corrected chi connectivity index (χ1v) is 13.6. The fourth-order valence-corrected chi connectivity index (χ4v) is 4.72. The SMILES string of the molecule is O=C(Nc1cccc(CNc2cc(-c3ccccc3O)nc3c(Br)cnn23)c1)c1cccc(Oc2ccccc2)c1. The molecule has 1 amide bonds. The third-order valence-electron chi connectivity index (χ3n) is 6.34. The van der Waals surface area contributed by atoms with Gasteiger partial charge in [0, 0.05) is 29.4 Å². The lowest BCUT2D eigenvalue weighted by molar-refractivity contribution is 0.102. The minimum absolute atomic E-state index is 0.145. The number of aromatic nitrogens is 3. The summed E-state index contributed by atoms with van der Waals surface area (Å²) in [4.78, 5) is 17.7. The summed E-state index contributed by atoms with van der Waals surface area (Å²) < 4.78 is 8.31. The Balaban J connectivity index is 1.18. The monoisotopic (exact) mass is 605 g/mol. The average molecular weight is 606 g/mol. The number of phenols is 1. The molecule has 0 aliphatic carbocycles. The van der Waals surface area contributed by atoms with Crippen molar-refractivity contribution in [3.8, 4) is 28.5 Å². The first-order chi connectivity index (χ1) is 20.0. The summed E-state index contributed by atoms with van der Waals surface area (Å²) >= 11 is 3.51. The van der Waals surface area contributed by atoms with Crippen LogP contribution in [0.25, 0.3) is 16.9 Å². The van der Waals surface area contributed by atoms with Crippen molar-refractivity contribution in [1.82, 2.24) is 14.6 Å². The van der Waals surface area contributed by atoms with Gasteiger partial charge in [-0.2, -0.15) is 9.61 Å². The third kappa shape index (κ3) is 5.90. The zero-order valence-corrected chi connectivity index (χ0v) is 23.2. The summed E-state index contributed by atoms with van der Waals surface area (Å²) in [5.41, 5.74) is 3.95. The number of fused-ring (bicyclic) bond motifs is 1. The summed E-state index contributed by atoms with van der Waals surface area (Å²) in [6.45, 7) is 0.459. The number of ether oxygens (including phenoxy) is 1. The topological polar surface area (TPSA) is 101 Å². The number of amides is 1. The van der Waals surface area contributed by atoms with E-state index in [1.165, 1.54) is 0 Å². The van der Waals surface area contributed by atoms with Gasteiger partial charge in [-0.25, -0.2) is 4.98 Å². The van der Waals surface area contributed by atoms with Crippen LogP contribution in [0.4, 0.5) is 11.5 Å². The lowest BCUT2D eigenvalue weighted by atomic mass is 10.1. The Morgan fingerprint density at radius 3 is 2.51 bits per heavy atom. The van der Waals surface area contributed by atoms with Gasteiger partial charge in [0.2, 0.25) is 0 Å². The number of halogens is 1. The number of benzene rings is 4. The summed E-state index contributed by atoms with van der Waals surface area (Å²) in [5, 5.41) is 21.2. The van der Waals surface area contributed by atoms with E-state index < -0.39 is 0 Å². The normalized spacial score (nSPS) is 10.9. The maximum absolute atomic E-state index is 13.0. The molecule has 0 saturated carbocycles. The van der Waals surface area contributed by atoms with Crippen LogP contribution in [-0.2, 0) is 6.54 Å². The van der Waals surface area contributed by atoms with Gasteiger partial charge in [0.15, 0.2) is 5.65 Å². The number of hydrogen-bond donors (Lipinski definition) is 3. The van der Waals surface area contributed by atoms with Crippen LogP contribution < -0.4 is 15.4 Å². The Morgan fingerprint density at radius 1 is 0.878 bits per heavy atom. The Morgan fingerprint density at radius 2 is 1.66 bits per heavy atom. The van der Waals surface area contributed by atoms with Crippen LogP contribution in [0.15, 0.2) is 120 Å². The number of carbonyl (C=O) groups excluding carboxylic acids is 1. The Bertz CT molecular complexity index is 1860. The predicted molar refractivity (Wildman–Crippen MR) is 162 cm³/mol. The molecule has 0 radical (unpaired) electrons. The van der Waals surface area contributed by atoms with Crippen molar-refractivity contribution in [3.05, 3.63) is 131 Å². The quantitative estimate of drug-likeness (QED) is 0.166. The molecule has 8 nitrogen and oxygen atoms in total. The number of aromatic hydroxyl groups is 1. The number of rotatable bonds is 8. The van der Waals surface area contributed by atoms with E-state index in [-0.39, 0.29) is 11.7 Å². The molecule has 6 aromatic rings. The van der Waals surface area contributed by atoms with Gasteiger partial charge in [-0.15, -0.1) is 0 Å². The number of phenolic OH excluding ortho intramolecular Hbond substituents is 1. The molecule has 0 spiro atoms. The van der Waals surface area contributed by atoms with Gasteiger partial charge in [0.05, 0.1) is 16.4 Å². The lowest BCUT2D eigenvalue weighted by Gasteiger charge is -2.13. The second-order valence-corrected chi connectivity index (χ2v) is 10.1. The second kappa shape index (κ2) is 11.5. The fourth-order valence-electron chi connectivity index (χ4n) is 4.37. The molecule has 0 aliphatic heterocycles. The predicted octanol–water partition coefficient (Wildman–Crippen LogP) is 7.52. The van der Waals surface area contributed by atoms with E-state index in [0.29, 0.717) is 52.0 Å².